The van der Waals surface area contributed by atoms with Gasteiger partial charge in [0.2, 0.25) is 5.78 Å². The number of aromatic nitrogens is 1. The Morgan fingerprint density at radius 2 is 2.07 bits per heavy atom. The highest BCUT2D eigenvalue weighted by molar-refractivity contribution is 6.35. The van der Waals surface area contributed by atoms with E-state index in [-0.39, 0.29) is 5.78 Å². The minimum absolute atomic E-state index is 0.192. The van der Waals surface area contributed by atoms with Gasteiger partial charge in [-0.2, -0.15) is 0 Å². The molecule has 2 aromatic rings. The van der Waals surface area contributed by atoms with Crippen molar-refractivity contribution in [3.8, 4) is 0 Å². The molecule has 1 heterocycles. The van der Waals surface area contributed by atoms with Crippen LogP contribution in [0.25, 0.3) is 0 Å². The van der Waals surface area contributed by atoms with Gasteiger partial charge in [-0.15, -0.1) is 0 Å². The number of benzene rings is 1. The van der Waals surface area contributed by atoms with Gasteiger partial charge in [0.05, 0.1) is 16.3 Å². The molecular weight excluding hydrogens is 212 g/mol. The Bertz CT molecular complexity index is 471. The summed E-state index contributed by atoms with van der Waals surface area (Å²) in [6.45, 7) is 0. The molecule has 2 rings (SSSR count). The van der Waals surface area contributed by atoms with Crippen LogP contribution in [0.15, 0.2) is 36.5 Å². The van der Waals surface area contributed by atoms with Crippen LogP contribution in [0.5, 0.6) is 0 Å². The monoisotopic (exact) mass is 220 g/mol. The van der Waals surface area contributed by atoms with E-state index < -0.39 is 0 Å². The first-order valence-electron chi connectivity index (χ1n) is 4.42. The van der Waals surface area contributed by atoms with Gasteiger partial charge in [0, 0.05) is 11.9 Å². The minimum Gasteiger partial charge on any atom is -0.398 e. The van der Waals surface area contributed by atoms with Crippen LogP contribution in [-0.4, -0.2) is 10.8 Å². The van der Waals surface area contributed by atoms with E-state index in [1.54, 1.807) is 36.5 Å². The lowest BCUT2D eigenvalue weighted by Crippen LogP contribution is -2.06. The van der Waals surface area contributed by atoms with Crippen LogP contribution >= 0.6 is 11.6 Å². The van der Waals surface area contributed by atoms with E-state index in [1.165, 1.54) is 0 Å². The Morgan fingerprint density at radius 1 is 1.27 bits per heavy atom. The molecule has 0 aliphatic heterocycles. The molecule has 0 amide bonds. The van der Waals surface area contributed by atoms with Crippen LogP contribution in [0.4, 0.5) is 5.69 Å². The van der Waals surface area contributed by atoms with Crippen molar-refractivity contribution in [1.29, 1.82) is 0 Å². The van der Waals surface area contributed by atoms with Crippen molar-refractivity contribution in [2.24, 2.45) is 0 Å². The summed E-state index contributed by atoms with van der Waals surface area (Å²) in [4.78, 5) is 14.8. The molecule has 0 saturated carbocycles. The highest BCUT2D eigenvalue weighted by Gasteiger charge is 2.16. The molecular formula is C11H9ClN2O. The third-order valence-corrected chi connectivity index (χ3v) is 2.43. The predicted molar refractivity (Wildman–Crippen MR) is 60.1 cm³/mol. The Labute approximate surface area is 91.9 Å². The molecule has 0 aliphatic carbocycles. The second kappa shape index (κ2) is 3.79. The van der Waals surface area contributed by atoms with E-state index >= 15 is 0 Å². The quantitative estimate of drug-likeness (QED) is 0.604. The maximum Gasteiger partial charge on any atom is 0.212 e. The number of nitrogens with one attached hydrogen (secondary N) is 1. The maximum atomic E-state index is 12.0. The maximum absolute atomic E-state index is 12.0. The number of carbonyl (C=O) groups is 1. The highest BCUT2D eigenvalue weighted by atomic mass is 35.5. The lowest BCUT2D eigenvalue weighted by atomic mass is 10.1. The molecule has 0 radical (unpaired) electrons. The van der Waals surface area contributed by atoms with E-state index in [1.807, 2.05) is 0 Å². The van der Waals surface area contributed by atoms with Crippen molar-refractivity contribution in [2.45, 2.75) is 0 Å². The van der Waals surface area contributed by atoms with E-state index in [9.17, 15) is 4.79 Å². The third kappa shape index (κ3) is 1.74. The third-order valence-electron chi connectivity index (χ3n) is 2.12. The van der Waals surface area contributed by atoms with E-state index in [0.717, 1.165) is 0 Å². The molecule has 0 bridgehead atoms. The Balaban J connectivity index is 2.51. The minimum atomic E-state index is -0.192. The predicted octanol–water partition coefficient (Wildman–Crippen LogP) is 2.48. The molecule has 0 fully saturated rings. The molecule has 1 aromatic heterocycles. The van der Waals surface area contributed by atoms with Crippen LogP contribution in [0.3, 0.4) is 0 Å². The molecule has 76 valence electrons. The van der Waals surface area contributed by atoms with Gasteiger partial charge in [-0.25, -0.2) is 0 Å². The number of rotatable bonds is 2. The zero-order valence-electron chi connectivity index (χ0n) is 7.83. The summed E-state index contributed by atoms with van der Waals surface area (Å²) in [7, 11) is 0. The van der Waals surface area contributed by atoms with Crippen molar-refractivity contribution in [1.82, 2.24) is 4.98 Å². The molecule has 3 nitrogen and oxygen atoms in total. The van der Waals surface area contributed by atoms with Gasteiger partial charge < -0.3 is 10.7 Å². The number of H-pyrrole nitrogens is 1. The zero-order chi connectivity index (χ0) is 10.8. The summed E-state index contributed by atoms with van der Waals surface area (Å²) in [5, 5.41) is 0.370. The number of nitrogens with two attached hydrogens (primary N) is 1. The Morgan fingerprint density at radius 3 is 2.67 bits per heavy atom. The first kappa shape index (κ1) is 9.80. The van der Waals surface area contributed by atoms with Crippen molar-refractivity contribution >= 4 is 23.1 Å². The average molecular weight is 221 g/mol. The SMILES string of the molecule is Nc1cccc(Cl)c1C(=O)c1ccc[nH]1. The summed E-state index contributed by atoms with van der Waals surface area (Å²) in [6, 6.07) is 8.45. The van der Waals surface area contributed by atoms with Crippen LogP contribution < -0.4 is 5.73 Å². The smallest absolute Gasteiger partial charge is 0.212 e. The highest BCUT2D eigenvalue weighted by Crippen LogP contribution is 2.24. The van der Waals surface area contributed by atoms with Gasteiger partial charge in [-0.3, -0.25) is 4.79 Å². The lowest BCUT2D eigenvalue weighted by Gasteiger charge is -2.05. The summed E-state index contributed by atoms with van der Waals surface area (Å²) >= 11 is 5.93. The molecule has 0 spiro atoms. The molecule has 15 heavy (non-hydrogen) atoms. The van der Waals surface area contributed by atoms with Gasteiger partial charge in [0.1, 0.15) is 0 Å². The van der Waals surface area contributed by atoms with E-state index in [2.05, 4.69) is 4.98 Å². The Kier molecular flexibility index (Phi) is 2.47. The molecule has 0 saturated heterocycles. The number of anilines is 1. The number of hydrogen-bond donors (Lipinski definition) is 2. The number of aromatic amines is 1. The van der Waals surface area contributed by atoms with Crippen molar-refractivity contribution in [3.05, 3.63) is 52.8 Å². The molecule has 4 heteroatoms. The number of carbonyl (C=O) groups excluding carboxylic acids is 1. The largest absolute Gasteiger partial charge is 0.398 e. The summed E-state index contributed by atoms with van der Waals surface area (Å²) in [6.07, 6.45) is 1.68. The number of nitrogen functional groups attached to an aromatic ring is 1. The first-order valence-corrected chi connectivity index (χ1v) is 4.80. The van der Waals surface area contributed by atoms with E-state index in [4.69, 9.17) is 17.3 Å². The van der Waals surface area contributed by atoms with Crippen molar-refractivity contribution in [2.75, 3.05) is 5.73 Å². The number of hydrogen-bond acceptors (Lipinski definition) is 2. The van der Waals surface area contributed by atoms with Crippen LogP contribution in [0, 0.1) is 0 Å². The second-order valence-corrected chi connectivity index (χ2v) is 3.52. The summed E-state index contributed by atoms with van der Waals surface area (Å²) in [5.74, 6) is -0.192. The fourth-order valence-electron chi connectivity index (χ4n) is 1.39. The van der Waals surface area contributed by atoms with Gasteiger partial charge in [0.15, 0.2) is 0 Å². The molecule has 0 unspecified atom stereocenters. The zero-order valence-corrected chi connectivity index (χ0v) is 8.58. The Hall–Kier alpha value is -1.74. The van der Waals surface area contributed by atoms with E-state index in [0.29, 0.717) is 22.0 Å². The number of halogens is 1. The second-order valence-electron chi connectivity index (χ2n) is 3.12. The summed E-state index contributed by atoms with van der Waals surface area (Å²) in [5.41, 5.74) is 6.93. The fourth-order valence-corrected chi connectivity index (χ4v) is 1.65. The number of ketones is 1. The van der Waals surface area contributed by atoms with Crippen LogP contribution in [0.1, 0.15) is 16.1 Å². The van der Waals surface area contributed by atoms with Gasteiger partial charge in [0.25, 0.3) is 0 Å². The van der Waals surface area contributed by atoms with Gasteiger partial charge in [-0.05, 0) is 24.3 Å². The normalized spacial score (nSPS) is 10.2. The van der Waals surface area contributed by atoms with Gasteiger partial charge >= 0.3 is 0 Å². The average Bonchev–Trinajstić information content (AvgIpc) is 2.69. The van der Waals surface area contributed by atoms with Gasteiger partial charge in [-0.1, -0.05) is 17.7 Å². The topological polar surface area (TPSA) is 58.9 Å². The molecule has 1 aromatic carbocycles. The molecule has 3 N–H and O–H groups in total. The van der Waals surface area contributed by atoms with Crippen LogP contribution in [0.2, 0.25) is 5.02 Å². The molecule has 0 atom stereocenters. The molecule has 0 aliphatic rings. The summed E-state index contributed by atoms with van der Waals surface area (Å²) < 4.78 is 0. The standard InChI is InChI=1S/C11H9ClN2O/c12-7-3-1-4-8(13)10(7)11(15)9-5-2-6-14-9/h1-6,14H,13H2. The first-order chi connectivity index (χ1) is 7.20. The lowest BCUT2D eigenvalue weighted by molar-refractivity contribution is 0.103. The van der Waals surface area contributed by atoms with Crippen LogP contribution in [-0.2, 0) is 0 Å². The van der Waals surface area contributed by atoms with Crippen molar-refractivity contribution in [3.63, 3.8) is 0 Å². The fraction of sp³-hybridized carbons (Fsp3) is 0. The van der Waals surface area contributed by atoms with Crippen molar-refractivity contribution < 1.29 is 4.79 Å².